The van der Waals surface area contributed by atoms with Gasteiger partial charge in [-0.05, 0) is 48.3 Å². The third-order valence-electron chi connectivity index (χ3n) is 7.18. The van der Waals surface area contributed by atoms with Gasteiger partial charge in [0.2, 0.25) is 0 Å². The summed E-state index contributed by atoms with van der Waals surface area (Å²) >= 11 is 0. The molecule has 1 aliphatic heterocycles. The van der Waals surface area contributed by atoms with Gasteiger partial charge in [0.25, 0.3) is 0 Å². The van der Waals surface area contributed by atoms with Gasteiger partial charge in [0, 0.05) is 18.0 Å². The van der Waals surface area contributed by atoms with E-state index >= 15 is 0 Å². The van der Waals surface area contributed by atoms with E-state index in [9.17, 15) is 4.79 Å². The zero-order valence-corrected chi connectivity index (χ0v) is 15.8. The molecule has 3 nitrogen and oxygen atoms in total. The molecular formula is C24H27NO2. The van der Waals surface area contributed by atoms with Crippen molar-refractivity contribution >= 4 is 6.09 Å². The van der Waals surface area contributed by atoms with Gasteiger partial charge < -0.3 is 9.64 Å². The van der Waals surface area contributed by atoms with Crippen LogP contribution in [0.4, 0.5) is 4.79 Å². The van der Waals surface area contributed by atoms with Crippen molar-refractivity contribution in [3.05, 3.63) is 71.3 Å². The van der Waals surface area contributed by atoms with Crippen LogP contribution >= 0.6 is 0 Å². The molecule has 2 aromatic rings. The Bertz CT molecular complexity index is 833. The van der Waals surface area contributed by atoms with E-state index in [1.807, 2.05) is 35.2 Å². The van der Waals surface area contributed by atoms with E-state index in [-0.39, 0.29) is 17.6 Å². The first-order valence-corrected chi connectivity index (χ1v) is 10.3. The van der Waals surface area contributed by atoms with Crippen LogP contribution in [-0.2, 0) is 23.2 Å². The fourth-order valence-electron chi connectivity index (χ4n) is 6.00. The Morgan fingerprint density at radius 3 is 2.74 bits per heavy atom. The molecule has 2 aromatic carbocycles. The van der Waals surface area contributed by atoms with Gasteiger partial charge in [-0.15, -0.1) is 0 Å². The van der Waals surface area contributed by atoms with Crippen LogP contribution in [-0.4, -0.2) is 23.6 Å². The number of carbonyl (C=O) groups excluding carboxylic acids is 1. The van der Waals surface area contributed by atoms with E-state index in [0.29, 0.717) is 12.5 Å². The number of piperidine rings is 1. The maximum Gasteiger partial charge on any atom is 0.410 e. The summed E-state index contributed by atoms with van der Waals surface area (Å²) in [7, 11) is 0. The third-order valence-corrected chi connectivity index (χ3v) is 7.18. The van der Waals surface area contributed by atoms with Crippen LogP contribution in [0.5, 0.6) is 0 Å². The molecule has 27 heavy (non-hydrogen) atoms. The lowest BCUT2D eigenvalue weighted by atomic mass is 9.52. The molecule has 1 saturated heterocycles. The lowest BCUT2D eigenvalue weighted by molar-refractivity contribution is -0.0136. The standard InChI is InChI=1S/C24H27NO2/c26-23(27-17-18-8-2-1-3-9-18)25-15-14-24-13-7-6-12-21(24)22(25)16-19-10-4-5-11-20(19)24/h1-5,8-11,21-22H,6-7,12-17H2/t21-,22+,24-/m0/s1. The monoisotopic (exact) mass is 361 g/mol. The van der Waals surface area contributed by atoms with Gasteiger partial charge >= 0.3 is 6.09 Å². The largest absolute Gasteiger partial charge is 0.445 e. The number of nitrogens with zero attached hydrogens (tertiary/aromatic N) is 1. The molecular weight excluding hydrogens is 334 g/mol. The second-order valence-corrected chi connectivity index (χ2v) is 8.42. The van der Waals surface area contributed by atoms with Crippen molar-refractivity contribution in [1.82, 2.24) is 4.90 Å². The lowest BCUT2D eigenvalue weighted by Gasteiger charge is -2.58. The molecule has 1 amide bonds. The van der Waals surface area contributed by atoms with Crippen LogP contribution in [0.2, 0.25) is 0 Å². The smallest absolute Gasteiger partial charge is 0.410 e. The number of likely N-dealkylation sites (tertiary alicyclic amines) is 1. The number of benzene rings is 2. The number of carbonyl (C=O) groups is 1. The zero-order chi connectivity index (χ0) is 18.3. The molecule has 0 radical (unpaired) electrons. The minimum atomic E-state index is -0.137. The van der Waals surface area contributed by atoms with Crippen LogP contribution in [0.3, 0.4) is 0 Å². The molecule has 3 aliphatic rings. The molecule has 2 aliphatic carbocycles. The minimum absolute atomic E-state index is 0.137. The predicted octanol–water partition coefficient (Wildman–Crippen LogP) is 5.08. The maximum atomic E-state index is 13.0. The molecule has 0 unspecified atom stereocenters. The third kappa shape index (κ3) is 2.75. The van der Waals surface area contributed by atoms with Crippen LogP contribution in [0.15, 0.2) is 54.6 Å². The van der Waals surface area contributed by atoms with Crippen molar-refractivity contribution in [2.24, 2.45) is 5.92 Å². The average Bonchev–Trinajstić information content (AvgIpc) is 2.73. The normalized spacial score (nSPS) is 28.8. The molecule has 1 saturated carbocycles. The first-order chi connectivity index (χ1) is 13.3. The Labute approximate surface area is 161 Å². The van der Waals surface area contributed by atoms with Crippen LogP contribution in [0.1, 0.15) is 48.8 Å². The molecule has 0 spiro atoms. The molecule has 2 fully saturated rings. The molecule has 0 aromatic heterocycles. The highest BCUT2D eigenvalue weighted by Gasteiger charge is 2.54. The Balaban J connectivity index is 1.40. The van der Waals surface area contributed by atoms with Crippen molar-refractivity contribution in [2.45, 2.75) is 56.6 Å². The van der Waals surface area contributed by atoms with Gasteiger partial charge in [-0.25, -0.2) is 4.79 Å². The highest BCUT2D eigenvalue weighted by Crippen LogP contribution is 2.55. The Hall–Kier alpha value is -2.29. The SMILES string of the molecule is O=C(OCc1ccccc1)N1CC[C@]23CCCC[C@H]2[C@H]1Cc1ccccc13. The summed E-state index contributed by atoms with van der Waals surface area (Å²) in [4.78, 5) is 15.0. The fourth-order valence-corrected chi connectivity index (χ4v) is 6.00. The quantitative estimate of drug-likeness (QED) is 0.746. The van der Waals surface area contributed by atoms with Crippen molar-refractivity contribution in [1.29, 1.82) is 0 Å². The van der Waals surface area contributed by atoms with Crippen LogP contribution in [0, 0.1) is 5.92 Å². The van der Waals surface area contributed by atoms with Gasteiger partial charge in [0.05, 0.1) is 0 Å². The summed E-state index contributed by atoms with van der Waals surface area (Å²) < 4.78 is 5.71. The van der Waals surface area contributed by atoms with Crippen molar-refractivity contribution in [3.8, 4) is 0 Å². The topological polar surface area (TPSA) is 29.5 Å². The van der Waals surface area contributed by atoms with Crippen molar-refractivity contribution in [3.63, 3.8) is 0 Å². The van der Waals surface area contributed by atoms with Crippen LogP contribution in [0.25, 0.3) is 0 Å². The fraction of sp³-hybridized carbons (Fsp3) is 0.458. The summed E-state index contributed by atoms with van der Waals surface area (Å²) in [6.07, 6.45) is 7.03. The second kappa shape index (κ2) is 6.70. The molecule has 5 rings (SSSR count). The molecule has 140 valence electrons. The summed E-state index contributed by atoms with van der Waals surface area (Å²) in [6.45, 7) is 1.18. The Morgan fingerprint density at radius 1 is 1.04 bits per heavy atom. The molecule has 3 atom stereocenters. The predicted molar refractivity (Wildman–Crippen MR) is 106 cm³/mol. The van der Waals surface area contributed by atoms with E-state index < -0.39 is 0 Å². The van der Waals surface area contributed by atoms with E-state index in [1.165, 1.54) is 31.2 Å². The summed E-state index contributed by atoms with van der Waals surface area (Å²) in [6, 6.07) is 19.2. The Morgan fingerprint density at radius 2 is 1.85 bits per heavy atom. The number of hydrogen-bond donors (Lipinski definition) is 0. The average molecular weight is 361 g/mol. The van der Waals surface area contributed by atoms with Gasteiger partial charge in [-0.3, -0.25) is 0 Å². The van der Waals surface area contributed by atoms with E-state index in [1.54, 1.807) is 5.56 Å². The van der Waals surface area contributed by atoms with Gasteiger partial charge in [-0.2, -0.15) is 0 Å². The van der Waals surface area contributed by atoms with Crippen molar-refractivity contribution < 1.29 is 9.53 Å². The molecule has 3 heteroatoms. The molecule has 0 N–H and O–H groups in total. The van der Waals surface area contributed by atoms with Gasteiger partial charge in [0.1, 0.15) is 6.61 Å². The van der Waals surface area contributed by atoms with E-state index in [4.69, 9.17) is 4.74 Å². The summed E-state index contributed by atoms with van der Waals surface area (Å²) in [5.74, 6) is 0.583. The maximum absolute atomic E-state index is 13.0. The Kier molecular flexibility index (Phi) is 4.18. The first kappa shape index (κ1) is 16.9. The minimum Gasteiger partial charge on any atom is -0.445 e. The number of amides is 1. The zero-order valence-electron chi connectivity index (χ0n) is 15.8. The van der Waals surface area contributed by atoms with Crippen LogP contribution < -0.4 is 0 Å². The van der Waals surface area contributed by atoms with Crippen molar-refractivity contribution in [2.75, 3.05) is 6.54 Å². The molecule has 2 bridgehead atoms. The summed E-state index contributed by atoms with van der Waals surface area (Å²) in [5.41, 5.74) is 4.35. The van der Waals surface area contributed by atoms with Gasteiger partial charge in [0.15, 0.2) is 0 Å². The highest BCUT2D eigenvalue weighted by atomic mass is 16.6. The number of rotatable bonds is 2. The molecule has 1 heterocycles. The lowest BCUT2D eigenvalue weighted by Crippen LogP contribution is -2.62. The first-order valence-electron chi connectivity index (χ1n) is 10.3. The number of hydrogen-bond acceptors (Lipinski definition) is 2. The van der Waals surface area contributed by atoms with E-state index in [2.05, 4.69) is 24.3 Å². The highest BCUT2D eigenvalue weighted by molar-refractivity contribution is 5.69. The second-order valence-electron chi connectivity index (χ2n) is 8.42. The van der Waals surface area contributed by atoms with Gasteiger partial charge in [-0.1, -0.05) is 67.4 Å². The van der Waals surface area contributed by atoms with E-state index in [0.717, 1.165) is 24.9 Å². The number of ether oxygens (including phenoxy) is 1. The number of fused-ring (bicyclic) bond motifs is 1. The summed E-state index contributed by atoms with van der Waals surface area (Å²) in [5, 5.41) is 0.